The lowest BCUT2D eigenvalue weighted by Gasteiger charge is -2.27. The van der Waals surface area contributed by atoms with Gasteiger partial charge in [0.2, 0.25) is 5.91 Å². The van der Waals surface area contributed by atoms with Gasteiger partial charge in [0.15, 0.2) is 11.1 Å². The van der Waals surface area contributed by atoms with E-state index in [0.717, 1.165) is 9.58 Å². The van der Waals surface area contributed by atoms with Crippen molar-refractivity contribution < 1.29 is 27.9 Å². The van der Waals surface area contributed by atoms with Crippen molar-refractivity contribution >= 4 is 17.5 Å². The first-order valence-electron chi connectivity index (χ1n) is 7.78. The summed E-state index contributed by atoms with van der Waals surface area (Å²) < 4.78 is 41.8. The second-order valence-electron chi connectivity index (χ2n) is 6.13. The summed E-state index contributed by atoms with van der Waals surface area (Å²) in [5.41, 5.74) is -3.03. The van der Waals surface area contributed by atoms with Gasteiger partial charge in [-0.25, -0.2) is 9.48 Å². The average Bonchev–Trinajstić information content (AvgIpc) is 3.16. The molecule has 2 aromatic rings. The molecular weight excluding hydrogens is 357 g/mol. The van der Waals surface area contributed by atoms with E-state index in [1.165, 1.54) is 10.6 Å². The molecule has 1 saturated heterocycles. The number of carboxylic acid groups (broad SMARTS) is 1. The summed E-state index contributed by atoms with van der Waals surface area (Å²) in [5, 5.41) is 13.0. The van der Waals surface area contributed by atoms with E-state index in [1.54, 1.807) is 18.2 Å². The lowest BCUT2D eigenvalue weighted by Crippen LogP contribution is -2.47. The third-order valence-corrected chi connectivity index (χ3v) is 4.60. The predicted octanol–water partition coefficient (Wildman–Crippen LogP) is 0.752. The number of hydrogen-bond donors (Lipinski definition) is 1. The van der Waals surface area contributed by atoms with E-state index in [-0.39, 0.29) is 19.5 Å². The number of aliphatic carboxylic acids is 1. The molecule has 0 aromatic carbocycles. The second-order valence-corrected chi connectivity index (χ2v) is 6.13. The predicted molar refractivity (Wildman–Crippen MR) is 81.4 cm³/mol. The molecule has 1 amide bonds. The molecule has 1 atom stereocenters. The molecule has 1 aliphatic rings. The van der Waals surface area contributed by atoms with Gasteiger partial charge in [0.25, 0.3) is 0 Å². The largest absolute Gasteiger partial charge is 0.481 e. The molecule has 0 spiro atoms. The van der Waals surface area contributed by atoms with Crippen LogP contribution in [-0.2, 0) is 16.1 Å². The Bertz CT molecular complexity index is 919. The number of carboxylic acids is 1. The van der Waals surface area contributed by atoms with Crippen molar-refractivity contribution in [2.75, 3.05) is 13.1 Å². The standard InChI is InChI=1S/C15H15F3N4O4/c16-15(17,18)14(12(24)25)5-8-20(9-14)11(23)4-7-22-13(26)21-6-2-1-3-10(21)19-22/h1-3,6H,4-5,7-9H2,(H,24,25). The number of alkyl halides is 3. The van der Waals surface area contributed by atoms with Crippen molar-refractivity contribution in [3.8, 4) is 0 Å². The number of likely N-dealkylation sites (tertiary alicyclic amines) is 1. The van der Waals surface area contributed by atoms with Crippen LogP contribution in [0.4, 0.5) is 13.2 Å². The first-order valence-corrected chi connectivity index (χ1v) is 7.78. The molecule has 3 rings (SSSR count). The Labute approximate surface area is 144 Å². The maximum Gasteiger partial charge on any atom is 0.406 e. The third kappa shape index (κ3) is 2.82. The van der Waals surface area contributed by atoms with E-state index < -0.39 is 42.1 Å². The number of fused-ring (bicyclic) bond motifs is 1. The molecule has 26 heavy (non-hydrogen) atoms. The van der Waals surface area contributed by atoms with Crippen LogP contribution < -0.4 is 5.69 Å². The molecular formula is C15H15F3N4O4. The quantitative estimate of drug-likeness (QED) is 0.854. The number of carbonyl (C=O) groups excluding carboxylic acids is 1. The van der Waals surface area contributed by atoms with Crippen LogP contribution in [-0.4, -0.2) is 55.3 Å². The highest BCUT2D eigenvalue weighted by Crippen LogP contribution is 2.45. The summed E-state index contributed by atoms with van der Waals surface area (Å²) in [7, 11) is 0. The van der Waals surface area contributed by atoms with E-state index in [4.69, 9.17) is 5.11 Å². The highest BCUT2D eigenvalue weighted by atomic mass is 19.4. The van der Waals surface area contributed by atoms with Gasteiger partial charge in [0.05, 0.1) is 6.54 Å². The summed E-state index contributed by atoms with van der Waals surface area (Å²) in [4.78, 5) is 36.3. The van der Waals surface area contributed by atoms with Gasteiger partial charge in [-0.05, 0) is 18.6 Å². The molecule has 3 heterocycles. The molecule has 1 N–H and O–H groups in total. The van der Waals surface area contributed by atoms with Crippen molar-refractivity contribution in [1.82, 2.24) is 19.1 Å². The van der Waals surface area contributed by atoms with Crippen LogP contribution in [0.15, 0.2) is 29.2 Å². The molecule has 1 aliphatic heterocycles. The molecule has 0 bridgehead atoms. The van der Waals surface area contributed by atoms with Crippen LogP contribution in [0.25, 0.3) is 5.65 Å². The van der Waals surface area contributed by atoms with Crippen molar-refractivity contribution in [1.29, 1.82) is 0 Å². The van der Waals surface area contributed by atoms with Crippen molar-refractivity contribution in [3.05, 3.63) is 34.9 Å². The summed E-state index contributed by atoms with van der Waals surface area (Å²) in [5.74, 6) is -2.64. The maximum atomic E-state index is 13.1. The van der Waals surface area contributed by atoms with Crippen LogP contribution in [0.2, 0.25) is 0 Å². The minimum Gasteiger partial charge on any atom is -0.481 e. The summed E-state index contributed by atoms with van der Waals surface area (Å²) >= 11 is 0. The van der Waals surface area contributed by atoms with Crippen LogP contribution >= 0.6 is 0 Å². The van der Waals surface area contributed by atoms with Crippen LogP contribution in [0.1, 0.15) is 12.8 Å². The number of nitrogens with zero attached hydrogens (tertiary/aromatic N) is 4. The van der Waals surface area contributed by atoms with Gasteiger partial charge in [0, 0.05) is 25.7 Å². The number of halogens is 3. The van der Waals surface area contributed by atoms with Gasteiger partial charge < -0.3 is 10.0 Å². The van der Waals surface area contributed by atoms with Gasteiger partial charge >= 0.3 is 17.8 Å². The molecule has 8 nitrogen and oxygen atoms in total. The lowest BCUT2D eigenvalue weighted by molar-refractivity contribution is -0.227. The third-order valence-electron chi connectivity index (χ3n) is 4.60. The monoisotopic (exact) mass is 372 g/mol. The Kier molecular flexibility index (Phi) is 4.24. The SMILES string of the molecule is O=C(CCn1nc2ccccn2c1=O)N1CCC(C(=O)O)(C(F)(F)F)C1. The van der Waals surface area contributed by atoms with Crippen LogP contribution in [0.3, 0.4) is 0 Å². The van der Waals surface area contributed by atoms with Crippen LogP contribution in [0, 0.1) is 5.41 Å². The van der Waals surface area contributed by atoms with Crippen molar-refractivity contribution in [2.24, 2.45) is 5.41 Å². The van der Waals surface area contributed by atoms with E-state index in [9.17, 15) is 27.6 Å². The Morgan fingerprint density at radius 1 is 1.31 bits per heavy atom. The Hall–Kier alpha value is -2.85. The summed E-state index contributed by atoms with van der Waals surface area (Å²) in [6, 6.07) is 4.92. The zero-order valence-corrected chi connectivity index (χ0v) is 13.4. The topological polar surface area (TPSA) is 96.9 Å². The minimum absolute atomic E-state index is 0.109. The van der Waals surface area contributed by atoms with E-state index in [2.05, 4.69) is 5.10 Å². The number of amides is 1. The van der Waals surface area contributed by atoms with Crippen molar-refractivity contribution in [3.63, 3.8) is 0 Å². The molecule has 1 fully saturated rings. The summed E-state index contributed by atoms with van der Waals surface area (Å²) in [6.45, 7) is -1.34. The Morgan fingerprint density at radius 2 is 2.04 bits per heavy atom. The number of pyridine rings is 1. The van der Waals surface area contributed by atoms with Crippen LogP contribution in [0.5, 0.6) is 0 Å². The normalized spacial score (nSPS) is 20.7. The van der Waals surface area contributed by atoms with Gasteiger partial charge in [-0.3, -0.25) is 14.0 Å². The van der Waals surface area contributed by atoms with E-state index in [0.29, 0.717) is 5.65 Å². The smallest absolute Gasteiger partial charge is 0.406 e. The number of aryl methyl sites for hydroxylation is 1. The van der Waals surface area contributed by atoms with Gasteiger partial charge in [-0.1, -0.05) is 6.07 Å². The number of aromatic nitrogens is 3. The maximum absolute atomic E-state index is 13.1. The molecule has 0 radical (unpaired) electrons. The Balaban J connectivity index is 1.70. The second kappa shape index (κ2) is 6.15. The first kappa shape index (κ1) is 18.0. The first-order chi connectivity index (χ1) is 12.2. The molecule has 0 saturated carbocycles. The molecule has 140 valence electrons. The highest BCUT2D eigenvalue weighted by molar-refractivity contribution is 5.81. The number of hydrogen-bond acceptors (Lipinski definition) is 4. The fourth-order valence-electron chi connectivity index (χ4n) is 3.02. The average molecular weight is 372 g/mol. The molecule has 2 aromatic heterocycles. The minimum atomic E-state index is -4.95. The highest BCUT2D eigenvalue weighted by Gasteiger charge is 2.64. The van der Waals surface area contributed by atoms with Gasteiger partial charge in [0.1, 0.15) is 0 Å². The number of carbonyl (C=O) groups is 2. The molecule has 0 aliphatic carbocycles. The summed E-state index contributed by atoms with van der Waals surface area (Å²) in [6.07, 6.45) is -4.39. The van der Waals surface area contributed by atoms with Crippen molar-refractivity contribution in [2.45, 2.75) is 25.6 Å². The number of rotatable bonds is 4. The zero-order valence-electron chi connectivity index (χ0n) is 13.4. The lowest BCUT2D eigenvalue weighted by atomic mass is 9.86. The van der Waals surface area contributed by atoms with Gasteiger partial charge in [-0.15, -0.1) is 5.10 Å². The van der Waals surface area contributed by atoms with E-state index >= 15 is 0 Å². The molecule has 11 heteroatoms. The fraction of sp³-hybridized carbons (Fsp3) is 0.467. The Morgan fingerprint density at radius 3 is 2.62 bits per heavy atom. The van der Waals surface area contributed by atoms with Gasteiger partial charge in [-0.2, -0.15) is 13.2 Å². The van der Waals surface area contributed by atoms with E-state index in [1.807, 2.05) is 0 Å². The zero-order chi connectivity index (χ0) is 19.1. The molecule has 1 unspecified atom stereocenters. The fourth-order valence-corrected chi connectivity index (χ4v) is 3.02.